The van der Waals surface area contributed by atoms with E-state index in [1.54, 1.807) is 13.2 Å². The maximum absolute atomic E-state index is 12.4. The van der Waals surface area contributed by atoms with Crippen LogP contribution in [-0.4, -0.2) is 76.0 Å². The van der Waals surface area contributed by atoms with Gasteiger partial charge in [0.2, 0.25) is 17.7 Å². The SMILES string of the molecule is CCC(C)C(N)C(=O)NC(C)C(=O)NC(CC(=O)O)C(=O)NC(CCSC)C(=O)O. The molecule has 0 heterocycles. The zero-order valence-corrected chi connectivity index (χ0v) is 18.5. The number of hydrogen-bond acceptors (Lipinski definition) is 7. The Kier molecular flexibility index (Phi) is 12.7. The summed E-state index contributed by atoms with van der Waals surface area (Å²) in [5, 5.41) is 25.2. The predicted octanol–water partition coefficient (Wildman–Crippen LogP) is -0.853. The summed E-state index contributed by atoms with van der Waals surface area (Å²) in [4.78, 5) is 59.3. The maximum atomic E-state index is 12.4. The summed E-state index contributed by atoms with van der Waals surface area (Å²) < 4.78 is 0. The first-order valence-corrected chi connectivity index (χ1v) is 10.9. The first-order valence-electron chi connectivity index (χ1n) is 9.54. The number of nitrogens with one attached hydrogen (secondary N) is 3. The van der Waals surface area contributed by atoms with Crippen LogP contribution >= 0.6 is 11.8 Å². The van der Waals surface area contributed by atoms with Crippen molar-refractivity contribution >= 4 is 41.4 Å². The number of rotatable bonds is 14. The summed E-state index contributed by atoms with van der Waals surface area (Å²) in [5.41, 5.74) is 5.82. The van der Waals surface area contributed by atoms with Gasteiger partial charge in [0, 0.05) is 0 Å². The normalized spacial score (nSPS) is 15.8. The van der Waals surface area contributed by atoms with Gasteiger partial charge in [-0.25, -0.2) is 4.79 Å². The number of thioether (sulfide) groups is 1. The van der Waals surface area contributed by atoms with Gasteiger partial charge >= 0.3 is 11.9 Å². The van der Waals surface area contributed by atoms with Gasteiger partial charge in [-0.05, 0) is 31.3 Å². The third-order valence-corrected chi connectivity index (χ3v) is 5.19. The third kappa shape index (κ3) is 9.92. The van der Waals surface area contributed by atoms with Gasteiger partial charge in [-0.3, -0.25) is 19.2 Å². The second-order valence-electron chi connectivity index (χ2n) is 6.98. The van der Waals surface area contributed by atoms with Gasteiger partial charge in [0.05, 0.1) is 12.5 Å². The van der Waals surface area contributed by atoms with Crippen molar-refractivity contribution in [2.24, 2.45) is 11.7 Å². The smallest absolute Gasteiger partial charge is 0.326 e. The highest BCUT2D eigenvalue weighted by molar-refractivity contribution is 7.98. The molecule has 5 unspecified atom stereocenters. The summed E-state index contributed by atoms with van der Waals surface area (Å²) in [6.07, 6.45) is 1.82. The molecule has 0 spiro atoms. The van der Waals surface area contributed by atoms with Crippen LogP contribution in [0, 0.1) is 5.92 Å². The molecule has 7 N–H and O–H groups in total. The molecule has 0 aromatic carbocycles. The molecule has 12 heteroatoms. The summed E-state index contributed by atoms with van der Waals surface area (Å²) >= 11 is 1.39. The highest BCUT2D eigenvalue weighted by atomic mass is 32.2. The number of amides is 3. The van der Waals surface area contributed by atoms with Crippen molar-refractivity contribution in [3.8, 4) is 0 Å². The van der Waals surface area contributed by atoms with E-state index in [1.807, 2.05) is 6.92 Å². The summed E-state index contributed by atoms with van der Waals surface area (Å²) in [7, 11) is 0. The Hall–Kier alpha value is -2.34. The molecule has 0 aliphatic rings. The average Bonchev–Trinajstić information content (AvgIpc) is 2.68. The fourth-order valence-corrected chi connectivity index (χ4v) is 2.80. The standard InChI is InChI=1S/C18H32N4O7S/c1-5-9(2)14(19)17(27)20-10(3)15(25)22-12(8-13(23)24)16(26)21-11(18(28)29)6-7-30-4/h9-12,14H,5-8,19H2,1-4H3,(H,20,27)(H,21,26)(H,22,25)(H,23,24)(H,28,29). The van der Waals surface area contributed by atoms with Gasteiger partial charge in [0.25, 0.3) is 0 Å². The fourth-order valence-electron chi connectivity index (χ4n) is 2.33. The van der Waals surface area contributed by atoms with E-state index in [4.69, 9.17) is 10.8 Å². The minimum Gasteiger partial charge on any atom is -0.481 e. The van der Waals surface area contributed by atoms with Crippen molar-refractivity contribution in [1.82, 2.24) is 16.0 Å². The highest BCUT2D eigenvalue weighted by Gasteiger charge is 2.30. The van der Waals surface area contributed by atoms with Gasteiger partial charge in [-0.2, -0.15) is 11.8 Å². The van der Waals surface area contributed by atoms with E-state index in [1.165, 1.54) is 18.7 Å². The molecule has 0 radical (unpaired) electrons. The number of carbonyl (C=O) groups excluding carboxylic acids is 3. The number of carboxylic acid groups (broad SMARTS) is 2. The minimum atomic E-state index is -1.51. The van der Waals surface area contributed by atoms with Crippen LogP contribution in [0.5, 0.6) is 0 Å². The number of carboxylic acids is 2. The van der Waals surface area contributed by atoms with E-state index in [0.717, 1.165) is 0 Å². The molecule has 0 saturated carbocycles. The molecule has 0 rings (SSSR count). The highest BCUT2D eigenvalue weighted by Crippen LogP contribution is 2.06. The first-order chi connectivity index (χ1) is 13.9. The Morgan fingerprint density at radius 2 is 1.50 bits per heavy atom. The average molecular weight is 449 g/mol. The van der Waals surface area contributed by atoms with Crippen molar-refractivity contribution in [2.75, 3.05) is 12.0 Å². The number of aliphatic carboxylic acids is 2. The Labute approximate surface area is 179 Å². The minimum absolute atomic E-state index is 0.111. The van der Waals surface area contributed by atoms with Gasteiger partial charge < -0.3 is 31.9 Å². The largest absolute Gasteiger partial charge is 0.481 e. The molecular formula is C18H32N4O7S. The lowest BCUT2D eigenvalue weighted by molar-refractivity contribution is -0.143. The van der Waals surface area contributed by atoms with Crippen LogP contribution < -0.4 is 21.7 Å². The molecule has 0 aromatic rings. The molecule has 0 fully saturated rings. The van der Waals surface area contributed by atoms with Crippen LogP contribution in [-0.2, 0) is 24.0 Å². The second kappa shape index (κ2) is 13.8. The maximum Gasteiger partial charge on any atom is 0.326 e. The predicted molar refractivity (Wildman–Crippen MR) is 112 cm³/mol. The van der Waals surface area contributed by atoms with E-state index < -0.39 is 60.2 Å². The van der Waals surface area contributed by atoms with E-state index in [-0.39, 0.29) is 12.3 Å². The third-order valence-electron chi connectivity index (χ3n) is 4.55. The Morgan fingerprint density at radius 3 is 1.97 bits per heavy atom. The second-order valence-corrected chi connectivity index (χ2v) is 7.97. The van der Waals surface area contributed by atoms with Crippen LogP contribution in [0.4, 0.5) is 0 Å². The van der Waals surface area contributed by atoms with Crippen molar-refractivity contribution in [3.63, 3.8) is 0 Å². The molecule has 172 valence electrons. The zero-order chi connectivity index (χ0) is 23.4. The van der Waals surface area contributed by atoms with Crippen molar-refractivity contribution in [2.45, 2.75) is 64.2 Å². The lowest BCUT2D eigenvalue weighted by Gasteiger charge is -2.24. The molecule has 0 aliphatic carbocycles. The Bertz CT molecular complexity index is 632. The summed E-state index contributed by atoms with van der Waals surface area (Å²) in [6, 6.07) is -4.63. The molecule has 0 aromatic heterocycles. The Balaban J connectivity index is 5.11. The molecule has 0 bridgehead atoms. The molecular weight excluding hydrogens is 416 g/mol. The van der Waals surface area contributed by atoms with Crippen LogP contribution in [0.3, 0.4) is 0 Å². The Morgan fingerprint density at radius 1 is 0.933 bits per heavy atom. The molecule has 11 nitrogen and oxygen atoms in total. The van der Waals surface area contributed by atoms with Crippen LogP contribution in [0.1, 0.15) is 40.0 Å². The van der Waals surface area contributed by atoms with Crippen LogP contribution in [0.25, 0.3) is 0 Å². The topological polar surface area (TPSA) is 188 Å². The lowest BCUT2D eigenvalue weighted by atomic mass is 9.99. The van der Waals surface area contributed by atoms with Crippen molar-refractivity contribution in [3.05, 3.63) is 0 Å². The quantitative estimate of drug-likeness (QED) is 0.197. The van der Waals surface area contributed by atoms with Crippen LogP contribution in [0.15, 0.2) is 0 Å². The number of hydrogen-bond donors (Lipinski definition) is 6. The molecule has 0 aliphatic heterocycles. The van der Waals surface area contributed by atoms with Gasteiger partial charge in [0.15, 0.2) is 0 Å². The summed E-state index contributed by atoms with van der Waals surface area (Å²) in [5.74, 6) is -4.55. The molecule has 5 atom stereocenters. The van der Waals surface area contributed by atoms with Crippen molar-refractivity contribution in [1.29, 1.82) is 0 Å². The lowest BCUT2D eigenvalue weighted by Crippen LogP contribution is -2.57. The van der Waals surface area contributed by atoms with E-state index >= 15 is 0 Å². The molecule has 30 heavy (non-hydrogen) atoms. The monoisotopic (exact) mass is 448 g/mol. The zero-order valence-electron chi connectivity index (χ0n) is 17.6. The van der Waals surface area contributed by atoms with Gasteiger partial charge in [0.1, 0.15) is 18.1 Å². The van der Waals surface area contributed by atoms with Gasteiger partial charge in [-0.1, -0.05) is 20.3 Å². The first kappa shape index (κ1) is 27.7. The van der Waals surface area contributed by atoms with Crippen molar-refractivity contribution < 1.29 is 34.2 Å². The summed E-state index contributed by atoms with van der Waals surface area (Å²) in [6.45, 7) is 5.02. The van der Waals surface area contributed by atoms with E-state index in [0.29, 0.717) is 12.2 Å². The van der Waals surface area contributed by atoms with Gasteiger partial charge in [-0.15, -0.1) is 0 Å². The molecule has 3 amide bonds. The number of nitrogens with two attached hydrogens (primary N) is 1. The van der Waals surface area contributed by atoms with E-state index in [9.17, 15) is 29.1 Å². The fraction of sp³-hybridized carbons (Fsp3) is 0.722. The number of carbonyl (C=O) groups is 5. The van der Waals surface area contributed by atoms with Crippen LogP contribution in [0.2, 0.25) is 0 Å². The molecule has 0 saturated heterocycles. The van der Waals surface area contributed by atoms with E-state index in [2.05, 4.69) is 16.0 Å².